The molecule has 38 heavy (non-hydrogen) atoms. The van der Waals surface area contributed by atoms with Crippen molar-refractivity contribution in [2.45, 2.75) is 5.60 Å². The van der Waals surface area contributed by atoms with Crippen molar-refractivity contribution in [3.05, 3.63) is 73.2 Å². The lowest BCUT2D eigenvalue weighted by Crippen LogP contribution is -2.50. The van der Waals surface area contributed by atoms with Crippen LogP contribution in [0.4, 0.5) is 17.3 Å². The highest BCUT2D eigenvalue weighted by Gasteiger charge is 2.37. The maximum atomic E-state index is 11.7. The maximum Gasteiger partial charge on any atom is 0.247 e. The molecule has 0 saturated carbocycles. The van der Waals surface area contributed by atoms with Crippen LogP contribution in [-0.2, 0) is 15.1 Å². The van der Waals surface area contributed by atoms with E-state index in [1.54, 1.807) is 36.7 Å². The van der Waals surface area contributed by atoms with Crippen LogP contribution in [0.25, 0.3) is 22.2 Å². The van der Waals surface area contributed by atoms with Gasteiger partial charge in [0.1, 0.15) is 11.3 Å². The highest BCUT2D eigenvalue weighted by Crippen LogP contribution is 2.33. The SMILES string of the molecule is C=CC(=O)Nc1ccnc(-c2cccc3cnc(Nc4ccc(C5(CO)CNCCO5)nc4OC)nc23)c1. The van der Waals surface area contributed by atoms with E-state index in [-0.39, 0.29) is 12.5 Å². The molecule has 0 spiro atoms. The Labute approximate surface area is 219 Å². The smallest absolute Gasteiger partial charge is 0.247 e. The third-order valence-corrected chi connectivity index (χ3v) is 6.19. The average Bonchev–Trinajstić information content (AvgIpc) is 2.97. The van der Waals surface area contributed by atoms with Crippen LogP contribution >= 0.6 is 0 Å². The fourth-order valence-corrected chi connectivity index (χ4v) is 4.24. The van der Waals surface area contributed by atoms with E-state index in [2.05, 4.69) is 37.5 Å². The number of pyridine rings is 2. The van der Waals surface area contributed by atoms with Gasteiger partial charge in [-0.25, -0.2) is 15.0 Å². The number of methoxy groups -OCH3 is 1. The fourth-order valence-electron chi connectivity index (χ4n) is 4.24. The van der Waals surface area contributed by atoms with Gasteiger partial charge in [0.2, 0.25) is 17.7 Å². The summed E-state index contributed by atoms with van der Waals surface area (Å²) in [5.74, 6) is 0.342. The topological polar surface area (TPSA) is 143 Å². The molecule has 4 N–H and O–H groups in total. The van der Waals surface area contributed by atoms with Crippen molar-refractivity contribution >= 4 is 34.1 Å². The number of nitrogens with zero attached hydrogens (tertiary/aromatic N) is 4. The summed E-state index contributed by atoms with van der Waals surface area (Å²) in [6.45, 7) is 4.89. The average molecular weight is 514 g/mol. The molecule has 1 saturated heterocycles. The summed E-state index contributed by atoms with van der Waals surface area (Å²) < 4.78 is 11.4. The van der Waals surface area contributed by atoms with Gasteiger partial charge < -0.3 is 30.5 Å². The Balaban J connectivity index is 1.48. The number of benzene rings is 1. The highest BCUT2D eigenvalue weighted by molar-refractivity contribution is 5.99. The number of rotatable bonds is 8. The molecule has 4 heterocycles. The first-order valence-electron chi connectivity index (χ1n) is 12.0. The second kappa shape index (κ2) is 10.9. The zero-order valence-corrected chi connectivity index (χ0v) is 20.8. The van der Waals surface area contributed by atoms with Gasteiger partial charge >= 0.3 is 0 Å². The molecular weight excluding hydrogens is 486 g/mol. The first kappa shape index (κ1) is 25.2. The summed E-state index contributed by atoms with van der Waals surface area (Å²) >= 11 is 0. The van der Waals surface area contributed by atoms with Crippen LogP contribution in [-0.4, -0.2) is 64.4 Å². The Morgan fingerprint density at radius 3 is 2.92 bits per heavy atom. The lowest BCUT2D eigenvalue weighted by molar-refractivity contribution is -0.111. The molecule has 194 valence electrons. The minimum absolute atomic E-state index is 0.216. The standard InChI is InChI=1S/C27H27N7O4/c1-3-23(36)31-18-9-10-29-21(13-18)19-6-4-5-17-14-30-26(34-24(17)19)32-20-7-8-22(33-25(20)37-2)27(16-35)15-28-11-12-38-27/h3-10,13-14,28,35H,1,11-12,15-16H2,2H3,(H,29,31,36)(H,30,32,34). The van der Waals surface area contributed by atoms with Crippen molar-refractivity contribution < 1.29 is 19.4 Å². The van der Waals surface area contributed by atoms with Gasteiger partial charge in [0.05, 0.1) is 37.2 Å². The van der Waals surface area contributed by atoms with Crippen molar-refractivity contribution in [2.24, 2.45) is 0 Å². The lowest BCUT2D eigenvalue weighted by atomic mass is 9.98. The van der Waals surface area contributed by atoms with Gasteiger partial charge in [-0.1, -0.05) is 24.8 Å². The number of ether oxygens (including phenoxy) is 2. The van der Waals surface area contributed by atoms with Crippen LogP contribution in [0.3, 0.4) is 0 Å². The number of fused-ring (bicyclic) bond motifs is 1. The molecule has 4 aromatic rings. The maximum absolute atomic E-state index is 11.7. The quantitative estimate of drug-likeness (QED) is 0.260. The number of carbonyl (C=O) groups is 1. The van der Waals surface area contributed by atoms with E-state index in [4.69, 9.17) is 14.5 Å². The van der Waals surface area contributed by atoms with Crippen LogP contribution in [0.5, 0.6) is 5.88 Å². The number of morpholine rings is 1. The van der Waals surface area contributed by atoms with Crippen molar-refractivity contribution in [1.82, 2.24) is 25.3 Å². The molecule has 1 aromatic carbocycles. The van der Waals surface area contributed by atoms with E-state index in [9.17, 15) is 9.90 Å². The number of aliphatic hydroxyl groups excluding tert-OH is 1. The second-order valence-corrected chi connectivity index (χ2v) is 8.62. The molecule has 1 aliphatic rings. The van der Waals surface area contributed by atoms with Crippen LogP contribution in [0.1, 0.15) is 5.69 Å². The molecule has 1 aliphatic heterocycles. The van der Waals surface area contributed by atoms with Crippen LogP contribution in [0.15, 0.2) is 67.5 Å². The van der Waals surface area contributed by atoms with Crippen LogP contribution in [0.2, 0.25) is 0 Å². The first-order valence-corrected chi connectivity index (χ1v) is 12.0. The first-order chi connectivity index (χ1) is 18.5. The van der Waals surface area contributed by atoms with E-state index >= 15 is 0 Å². The fraction of sp³-hybridized carbons (Fsp3) is 0.222. The molecule has 1 atom stereocenters. The number of anilines is 3. The number of para-hydroxylation sites is 1. The predicted molar refractivity (Wildman–Crippen MR) is 143 cm³/mol. The molecule has 0 aliphatic carbocycles. The van der Waals surface area contributed by atoms with E-state index in [0.717, 1.165) is 10.9 Å². The number of amides is 1. The number of carbonyl (C=O) groups excluding carboxylic acids is 1. The number of hydrogen-bond donors (Lipinski definition) is 4. The molecule has 11 heteroatoms. The van der Waals surface area contributed by atoms with Crippen LogP contribution in [0, 0.1) is 0 Å². The zero-order chi connectivity index (χ0) is 26.5. The second-order valence-electron chi connectivity index (χ2n) is 8.62. The Bertz CT molecular complexity index is 1490. The summed E-state index contributed by atoms with van der Waals surface area (Å²) in [5.41, 5.74) is 2.86. The number of nitrogens with one attached hydrogen (secondary N) is 3. The van der Waals surface area contributed by atoms with Crippen molar-refractivity contribution in [2.75, 3.05) is 44.0 Å². The lowest BCUT2D eigenvalue weighted by Gasteiger charge is -2.35. The number of aromatic nitrogens is 4. The Morgan fingerprint density at radius 1 is 1.26 bits per heavy atom. The minimum Gasteiger partial charge on any atom is -0.480 e. The van der Waals surface area contributed by atoms with Crippen LogP contribution < -0.4 is 20.7 Å². The van der Waals surface area contributed by atoms with Gasteiger partial charge in [-0.3, -0.25) is 9.78 Å². The number of aliphatic hydroxyl groups is 1. The Morgan fingerprint density at radius 2 is 2.16 bits per heavy atom. The molecule has 11 nitrogen and oxygen atoms in total. The summed E-state index contributed by atoms with van der Waals surface area (Å²) in [6, 6.07) is 12.8. The predicted octanol–water partition coefficient (Wildman–Crippen LogP) is 2.77. The minimum atomic E-state index is -0.939. The zero-order valence-electron chi connectivity index (χ0n) is 20.8. The molecule has 1 fully saturated rings. The van der Waals surface area contributed by atoms with E-state index in [1.165, 1.54) is 13.2 Å². The largest absolute Gasteiger partial charge is 0.480 e. The third kappa shape index (κ3) is 5.02. The van der Waals surface area contributed by atoms with E-state index in [0.29, 0.717) is 59.8 Å². The van der Waals surface area contributed by atoms with Gasteiger partial charge in [-0.2, -0.15) is 0 Å². The van der Waals surface area contributed by atoms with Gasteiger partial charge in [-0.05, 0) is 30.3 Å². The molecule has 3 aromatic heterocycles. The molecule has 0 radical (unpaired) electrons. The van der Waals surface area contributed by atoms with Gasteiger partial charge in [-0.15, -0.1) is 0 Å². The normalized spacial score (nSPS) is 17.1. The van der Waals surface area contributed by atoms with Crippen molar-refractivity contribution in [3.8, 4) is 17.1 Å². The van der Waals surface area contributed by atoms with E-state index in [1.807, 2.05) is 18.2 Å². The molecule has 5 rings (SSSR count). The summed E-state index contributed by atoms with van der Waals surface area (Å²) in [4.78, 5) is 30.0. The van der Waals surface area contributed by atoms with E-state index < -0.39 is 5.60 Å². The summed E-state index contributed by atoms with van der Waals surface area (Å²) in [6.07, 6.45) is 4.55. The summed E-state index contributed by atoms with van der Waals surface area (Å²) in [7, 11) is 1.52. The van der Waals surface area contributed by atoms with Gasteiger partial charge in [0.25, 0.3) is 0 Å². The Kier molecular flexibility index (Phi) is 7.22. The molecule has 0 bridgehead atoms. The monoisotopic (exact) mass is 513 g/mol. The van der Waals surface area contributed by atoms with Gasteiger partial charge in [0.15, 0.2) is 0 Å². The Hall–Kier alpha value is -4.45. The third-order valence-electron chi connectivity index (χ3n) is 6.19. The molecule has 1 unspecified atom stereocenters. The van der Waals surface area contributed by atoms with Crippen molar-refractivity contribution in [1.29, 1.82) is 0 Å². The van der Waals surface area contributed by atoms with Gasteiger partial charge in [0, 0.05) is 42.1 Å². The van der Waals surface area contributed by atoms with Crippen molar-refractivity contribution in [3.63, 3.8) is 0 Å². The molecule has 1 amide bonds. The number of hydrogen-bond acceptors (Lipinski definition) is 10. The summed E-state index contributed by atoms with van der Waals surface area (Å²) in [5, 5.41) is 20.0. The highest BCUT2D eigenvalue weighted by atomic mass is 16.5. The molecular formula is C27H27N7O4.